The lowest BCUT2D eigenvalue weighted by Gasteiger charge is -2.50. The maximum atomic E-state index is 12.6. The summed E-state index contributed by atoms with van der Waals surface area (Å²) in [4.78, 5) is 25.5. The van der Waals surface area contributed by atoms with Crippen LogP contribution in [-0.2, 0) is 15.2 Å². The highest BCUT2D eigenvalue weighted by Crippen LogP contribution is 2.37. The summed E-state index contributed by atoms with van der Waals surface area (Å²) in [7, 11) is 0. The zero-order valence-electron chi connectivity index (χ0n) is 12.4. The first-order chi connectivity index (χ1) is 10.3. The fraction of sp³-hybridized carbons (Fsp3) is 0.500. The Kier molecular flexibility index (Phi) is 3.65. The number of carbonyl (C=O) groups is 2. The van der Waals surface area contributed by atoms with E-state index in [9.17, 15) is 14.7 Å². The monoisotopic (exact) mass is 322 g/mol. The molecule has 0 spiro atoms. The molecule has 2 fully saturated rings. The van der Waals surface area contributed by atoms with Crippen LogP contribution < -0.4 is 5.32 Å². The molecule has 2 saturated heterocycles. The second-order valence-electron chi connectivity index (χ2n) is 6.54. The Morgan fingerprint density at radius 2 is 1.95 bits per heavy atom. The molecule has 2 N–H and O–H groups in total. The van der Waals surface area contributed by atoms with Crippen LogP contribution in [-0.4, -0.2) is 41.5 Å². The number of benzene rings is 1. The molecule has 2 amide bonds. The van der Waals surface area contributed by atoms with Crippen molar-refractivity contribution in [2.45, 2.75) is 25.4 Å². The Balaban J connectivity index is 1.66. The maximum absolute atomic E-state index is 12.6. The molecule has 22 heavy (non-hydrogen) atoms. The number of hydrogen-bond acceptors (Lipinski definition) is 3. The number of amides is 2. The third-order valence-corrected chi connectivity index (χ3v) is 4.92. The quantitative estimate of drug-likeness (QED) is 0.862. The maximum Gasteiger partial charge on any atom is 0.230 e. The average molecular weight is 323 g/mol. The highest BCUT2D eigenvalue weighted by atomic mass is 35.5. The number of halogens is 1. The highest BCUT2D eigenvalue weighted by molar-refractivity contribution is 6.30. The minimum Gasteiger partial charge on any atom is -0.381 e. The van der Waals surface area contributed by atoms with E-state index in [0.717, 1.165) is 5.56 Å². The Labute approximate surface area is 134 Å². The summed E-state index contributed by atoms with van der Waals surface area (Å²) in [5.74, 6) is -0.0160. The number of piperidine rings is 1. The van der Waals surface area contributed by atoms with Gasteiger partial charge < -0.3 is 15.3 Å². The number of nitrogens with one attached hydrogen (secondary N) is 1. The van der Waals surface area contributed by atoms with Gasteiger partial charge in [-0.05, 0) is 31.0 Å². The van der Waals surface area contributed by atoms with E-state index in [0.29, 0.717) is 24.4 Å². The standard InChI is InChI=1S/C16H19ClN2O3/c1-15(7-6-13(20)18-8-15)14(21)19-9-16(22,10-19)11-2-4-12(17)5-3-11/h2-5,22H,6-10H2,1H3,(H,18,20). The molecule has 2 heterocycles. The summed E-state index contributed by atoms with van der Waals surface area (Å²) in [5, 5.41) is 14.0. The summed E-state index contributed by atoms with van der Waals surface area (Å²) in [5.41, 5.74) is -0.813. The van der Waals surface area contributed by atoms with Crippen LogP contribution in [0.1, 0.15) is 25.3 Å². The van der Waals surface area contributed by atoms with E-state index in [4.69, 9.17) is 11.6 Å². The van der Waals surface area contributed by atoms with Gasteiger partial charge in [0, 0.05) is 18.0 Å². The van der Waals surface area contributed by atoms with Gasteiger partial charge >= 0.3 is 0 Å². The Bertz CT molecular complexity index is 598. The lowest BCUT2D eigenvalue weighted by molar-refractivity contribution is -0.168. The molecule has 0 radical (unpaired) electrons. The molecule has 5 nitrogen and oxygen atoms in total. The number of likely N-dealkylation sites (tertiary alicyclic amines) is 1. The molecule has 118 valence electrons. The van der Waals surface area contributed by atoms with Gasteiger partial charge in [0.05, 0.1) is 18.5 Å². The number of hydrogen-bond donors (Lipinski definition) is 2. The van der Waals surface area contributed by atoms with Gasteiger partial charge in [-0.2, -0.15) is 0 Å². The van der Waals surface area contributed by atoms with Crippen molar-refractivity contribution in [1.29, 1.82) is 0 Å². The van der Waals surface area contributed by atoms with E-state index in [1.807, 2.05) is 6.92 Å². The third kappa shape index (κ3) is 2.59. The lowest BCUT2D eigenvalue weighted by atomic mass is 9.78. The molecule has 1 atom stereocenters. The molecule has 0 aromatic heterocycles. The van der Waals surface area contributed by atoms with Crippen molar-refractivity contribution < 1.29 is 14.7 Å². The van der Waals surface area contributed by atoms with E-state index in [2.05, 4.69) is 5.32 Å². The zero-order chi connectivity index (χ0) is 16.0. The van der Waals surface area contributed by atoms with E-state index >= 15 is 0 Å². The molecule has 1 aromatic rings. The molecule has 6 heteroatoms. The van der Waals surface area contributed by atoms with Crippen molar-refractivity contribution >= 4 is 23.4 Å². The van der Waals surface area contributed by atoms with Crippen LogP contribution in [0.5, 0.6) is 0 Å². The zero-order valence-corrected chi connectivity index (χ0v) is 13.2. The first kappa shape index (κ1) is 15.3. The van der Waals surface area contributed by atoms with E-state index in [1.54, 1.807) is 29.2 Å². The van der Waals surface area contributed by atoms with Gasteiger partial charge in [-0.3, -0.25) is 9.59 Å². The van der Waals surface area contributed by atoms with Crippen molar-refractivity contribution in [3.8, 4) is 0 Å². The van der Waals surface area contributed by atoms with E-state index in [-0.39, 0.29) is 24.9 Å². The predicted octanol–water partition coefficient (Wildman–Crippen LogP) is 1.29. The second kappa shape index (κ2) is 5.25. The molecule has 0 saturated carbocycles. The van der Waals surface area contributed by atoms with Crippen LogP contribution in [0.4, 0.5) is 0 Å². The van der Waals surface area contributed by atoms with E-state index < -0.39 is 11.0 Å². The smallest absolute Gasteiger partial charge is 0.230 e. The van der Waals surface area contributed by atoms with Crippen LogP contribution in [0.2, 0.25) is 5.02 Å². The molecule has 0 bridgehead atoms. The molecule has 0 aliphatic carbocycles. The number of aliphatic hydroxyl groups is 1. The highest BCUT2D eigenvalue weighted by Gasteiger charge is 2.50. The van der Waals surface area contributed by atoms with E-state index in [1.165, 1.54) is 0 Å². The Morgan fingerprint density at radius 3 is 2.50 bits per heavy atom. The number of carbonyl (C=O) groups excluding carboxylic acids is 2. The molecular weight excluding hydrogens is 304 g/mol. The van der Waals surface area contributed by atoms with Crippen molar-refractivity contribution in [3.05, 3.63) is 34.9 Å². The molecule has 2 aliphatic rings. The van der Waals surface area contributed by atoms with Crippen molar-refractivity contribution in [1.82, 2.24) is 10.2 Å². The number of β-amino-alcohol motifs (C(OH)–C–C–N with tert-alkyl or cyclic N) is 1. The van der Waals surface area contributed by atoms with Gasteiger partial charge in [-0.25, -0.2) is 0 Å². The third-order valence-electron chi connectivity index (χ3n) is 4.67. The lowest BCUT2D eigenvalue weighted by Crippen LogP contribution is -2.65. The predicted molar refractivity (Wildman–Crippen MR) is 82.3 cm³/mol. The van der Waals surface area contributed by atoms with Crippen molar-refractivity contribution in [2.24, 2.45) is 5.41 Å². The largest absolute Gasteiger partial charge is 0.381 e. The molecule has 1 unspecified atom stereocenters. The summed E-state index contributed by atoms with van der Waals surface area (Å²) in [6, 6.07) is 7.04. The van der Waals surface area contributed by atoms with Crippen LogP contribution in [0.3, 0.4) is 0 Å². The van der Waals surface area contributed by atoms with Crippen molar-refractivity contribution in [3.63, 3.8) is 0 Å². The molecule has 1 aromatic carbocycles. The Morgan fingerprint density at radius 1 is 1.32 bits per heavy atom. The molecular formula is C16H19ClN2O3. The van der Waals surface area contributed by atoms with Crippen LogP contribution in [0.25, 0.3) is 0 Å². The van der Waals surface area contributed by atoms with Gasteiger partial charge in [0.2, 0.25) is 11.8 Å². The first-order valence-electron chi connectivity index (χ1n) is 7.37. The topological polar surface area (TPSA) is 69.6 Å². The molecule has 2 aliphatic heterocycles. The summed E-state index contributed by atoms with van der Waals surface area (Å²) < 4.78 is 0. The van der Waals surface area contributed by atoms with Crippen LogP contribution in [0, 0.1) is 5.41 Å². The normalized spacial score (nSPS) is 27.0. The number of rotatable bonds is 2. The SMILES string of the molecule is CC1(C(=O)N2CC(O)(c3ccc(Cl)cc3)C2)CCC(=O)NC1. The van der Waals surface area contributed by atoms with Crippen molar-refractivity contribution in [2.75, 3.05) is 19.6 Å². The van der Waals surface area contributed by atoms with Crippen LogP contribution in [0.15, 0.2) is 24.3 Å². The Hall–Kier alpha value is -1.59. The summed E-state index contributed by atoms with van der Waals surface area (Å²) in [6.07, 6.45) is 0.922. The molecule has 3 rings (SSSR count). The second-order valence-corrected chi connectivity index (χ2v) is 6.97. The summed E-state index contributed by atoms with van der Waals surface area (Å²) >= 11 is 5.85. The van der Waals surface area contributed by atoms with Gasteiger partial charge in [0.1, 0.15) is 5.60 Å². The fourth-order valence-electron chi connectivity index (χ4n) is 3.10. The van der Waals surface area contributed by atoms with Gasteiger partial charge in [0.25, 0.3) is 0 Å². The summed E-state index contributed by atoms with van der Waals surface area (Å²) in [6.45, 7) is 2.78. The first-order valence-corrected chi connectivity index (χ1v) is 7.75. The minimum absolute atomic E-state index is 0.00782. The minimum atomic E-state index is -1.01. The van der Waals surface area contributed by atoms with Gasteiger partial charge in [-0.1, -0.05) is 23.7 Å². The van der Waals surface area contributed by atoms with Gasteiger partial charge in [-0.15, -0.1) is 0 Å². The fourth-order valence-corrected chi connectivity index (χ4v) is 3.22. The number of nitrogens with zero attached hydrogens (tertiary/aromatic N) is 1. The van der Waals surface area contributed by atoms with Crippen LogP contribution >= 0.6 is 11.6 Å². The average Bonchev–Trinajstić information content (AvgIpc) is 2.47. The van der Waals surface area contributed by atoms with Gasteiger partial charge in [0.15, 0.2) is 0 Å².